The van der Waals surface area contributed by atoms with Crippen LogP contribution < -0.4 is 15.8 Å². The molecule has 1 amide bonds. The summed E-state index contributed by atoms with van der Waals surface area (Å²) >= 11 is 0. The van der Waals surface area contributed by atoms with E-state index in [1.807, 2.05) is 0 Å². The number of benzene rings is 2. The van der Waals surface area contributed by atoms with E-state index in [2.05, 4.69) is 10.6 Å². The molecule has 0 aliphatic rings. The summed E-state index contributed by atoms with van der Waals surface area (Å²) in [7, 11) is -3.83. The van der Waals surface area contributed by atoms with Crippen LogP contribution in [0.1, 0.15) is 0 Å². The molecule has 0 radical (unpaired) electrons. The molecule has 0 spiro atoms. The van der Waals surface area contributed by atoms with Crippen LogP contribution in [0, 0.1) is 17.1 Å². The summed E-state index contributed by atoms with van der Waals surface area (Å²) in [6.07, 6.45) is 1.14. The number of sulfonamides is 1. The van der Waals surface area contributed by atoms with Crippen molar-refractivity contribution < 1.29 is 17.6 Å². The molecule has 2 aromatic carbocycles. The monoisotopic (exact) mass is 360 g/mol. The van der Waals surface area contributed by atoms with Crippen molar-refractivity contribution in [3.05, 3.63) is 66.1 Å². The highest BCUT2D eigenvalue weighted by Gasteiger charge is 2.11. The number of hydrogen-bond donors (Lipinski definition) is 3. The Morgan fingerprint density at radius 3 is 2.40 bits per heavy atom. The van der Waals surface area contributed by atoms with Gasteiger partial charge in [0.2, 0.25) is 10.0 Å². The first-order valence-corrected chi connectivity index (χ1v) is 8.41. The molecule has 0 saturated heterocycles. The van der Waals surface area contributed by atoms with Crippen LogP contribution in [-0.2, 0) is 14.8 Å². The van der Waals surface area contributed by atoms with Gasteiger partial charge >= 0.3 is 0 Å². The number of hydrogen-bond acceptors (Lipinski definition) is 5. The molecule has 25 heavy (non-hydrogen) atoms. The van der Waals surface area contributed by atoms with Crippen LogP contribution in [0.2, 0.25) is 0 Å². The lowest BCUT2D eigenvalue weighted by molar-refractivity contribution is -0.112. The predicted molar refractivity (Wildman–Crippen MR) is 90.2 cm³/mol. The van der Waals surface area contributed by atoms with Crippen LogP contribution >= 0.6 is 0 Å². The molecule has 0 aliphatic heterocycles. The number of carbonyl (C=O) groups is 1. The van der Waals surface area contributed by atoms with Crippen LogP contribution in [0.3, 0.4) is 0 Å². The Morgan fingerprint density at radius 2 is 1.84 bits per heavy atom. The Kier molecular flexibility index (Phi) is 5.49. The Bertz CT molecular complexity index is 964. The van der Waals surface area contributed by atoms with Gasteiger partial charge in [0.1, 0.15) is 17.5 Å². The Labute approximate surface area is 143 Å². The molecule has 0 bridgehead atoms. The summed E-state index contributed by atoms with van der Waals surface area (Å²) < 4.78 is 35.4. The van der Waals surface area contributed by atoms with Crippen LogP contribution in [0.4, 0.5) is 15.8 Å². The molecular weight excluding hydrogens is 347 g/mol. The van der Waals surface area contributed by atoms with Crippen LogP contribution in [0.5, 0.6) is 0 Å². The highest BCUT2D eigenvalue weighted by atomic mass is 32.2. The summed E-state index contributed by atoms with van der Waals surface area (Å²) in [5.41, 5.74) is 0.405. The lowest BCUT2D eigenvalue weighted by Crippen LogP contribution is -2.15. The highest BCUT2D eigenvalue weighted by Crippen LogP contribution is 2.14. The summed E-state index contributed by atoms with van der Waals surface area (Å²) in [5, 5.41) is 19.1. The fourth-order valence-electron chi connectivity index (χ4n) is 1.81. The van der Waals surface area contributed by atoms with Crippen molar-refractivity contribution >= 4 is 27.3 Å². The van der Waals surface area contributed by atoms with Crippen molar-refractivity contribution in [2.24, 2.45) is 5.14 Å². The Morgan fingerprint density at radius 1 is 1.16 bits per heavy atom. The smallest absolute Gasteiger partial charge is 0.267 e. The van der Waals surface area contributed by atoms with Crippen molar-refractivity contribution in [1.29, 1.82) is 5.26 Å². The van der Waals surface area contributed by atoms with E-state index in [4.69, 9.17) is 10.4 Å². The van der Waals surface area contributed by atoms with Gasteiger partial charge in [-0.3, -0.25) is 4.79 Å². The number of halogens is 1. The molecule has 0 atom stereocenters. The summed E-state index contributed by atoms with van der Waals surface area (Å²) in [4.78, 5) is 12.0. The van der Waals surface area contributed by atoms with E-state index in [0.29, 0.717) is 5.69 Å². The molecule has 0 unspecified atom stereocenters. The van der Waals surface area contributed by atoms with E-state index >= 15 is 0 Å². The van der Waals surface area contributed by atoms with E-state index in [0.717, 1.165) is 6.20 Å². The zero-order valence-corrected chi connectivity index (χ0v) is 13.5. The average Bonchev–Trinajstić information content (AvgIpc) is 2.55. The normalized spacial score (nSPS) is 11.5. The van der Waals surface area contributed by atoms with Gasteiger partial charge in [0.05, 0.1) is 4.90 Å². The van der Waals surface area contributed by atoms with E-state index in [1.54, 1.807) is 12.1 Å². The minimum atomic E-state index is -3.83. The fourth-order valence-corrected chi connectivity index (χ4v) is 2.32. The number of rotatable bonds is 5. The minimum Gasteiger partial charge on any atom is -0.360 e. The maximum absolute atomic E-state index is 13.1. The molecule has 128 valence electrons. The molecule has 0 heterocycles. The van der Waals surface area contributed by atoms with E-state index in [9.17, 15) is 17.6 Å². The molecule has 7 nitrogen and oxygen atoms in total. The number of anilines is 2. The molecule has 2 aromatic rings. The fraction of sp³-hybridized carbons (Fsp3) is 0. The van der Waals surface area contributed by atoms with Crippen molar-refractivity contribution in [3.63, 3.8) is 0 Å². The number of carbonyl (C=O) groups excluding carboxylic acids is 1. The van der Waals surface area contributed by atoms with Gasteiger partial charge in [-0.25, -0.2) is 17.9 Å². The SMILES string of the molecule is N#C/C(=C/Nc1cccc(F)c1)C(=O)Nc1ccc(S(N)(=O)=O)cc1. The molecule has 0 aromatic heterocycles. The first-order valence-electron chi connectivity index (χ1n) is 6.86. The van der Waals surface area contributed by atoms with Gasteiger partial charge in [-0.2, -0.15) is 5.26 Å². The van der Waals surface area contributed by atoms with Gasteiger partial charge in [-0.05, 0) is 42.5 Å². The second-order valence-electron chi connectivity index (χ2n) is 4.85. The summed E-state index contributed by atoms with van der Waals surface area (Å²) in [6, 6.07) is 12.4. The largest absolute Gasteiger partial charge is 0.360 e. The first-order chi connectivity index (χ1) is 11.8. The number of primary sulfonamides is 1. The quantitative estimate of drug-likeness (QED) is 0.555. The molecule has 0 aliphatic carbocycles. The molecule has 0 saturated carbocycles. The highest BCUT2D eigenvalue weighted by molar-refractivity contribution is 7.89. The van der Waals surface area contributed by atoms with Crippen LogP contribution in [-0.4, -0.2) is 14.3 Å². The number of nitrogens with one attached hydrogen (secondary N) is 2. The second-order valence-corrected chi connectivity index (χ2v) is 6.41. The molecular formula is C16H13FN4O3S. The molecule has 0 fully saturated rings. The topological polar surface area (TPSA) is 125 Å². The first kappa shape index (κ1) is 18.1. The van der Waals surface area contributed by atoms with Gasteiger partial charge in [-0.1, -0.05) is 6.07 Å². The maximum atomic E-state index is 13.1. The van der Waals surface area contributed by atoms with Gasteiger partial charge < -0.3 is 10.6 Å². The Balaban J connectivity index is 2.09. The molecule has 9 heteroatoms. The zero-order valence-electron chi connectivity index (χ0n) is 12.7. The summed E-state index contributed by atoms with van der Waals surface area (Å²) in [5.74, 6) is -1.17. The zero-order chi connectivity index (χ0) is 18.4. The number of nitrogens with two attached hydrogens (primary N) is 1. The van der Waals surface area contributed by atoms with Crippen molar-refractivity contribution in [2.45, 2.75) is 4.90 Å². The lowest BCUT2D eigenvalue weighted by Gasteiger charge is -2.06. The van der Waals surface area contributed by atoms with Crippen molar-refractivity contribution in [3.8, 4) is 6.07 Å². The van der Waals surface area contributed by atoms with Crippen molar-refractivity contribution in [2.75, 3.05) is 10.6 Å². The predicted octanol–water partition coefficient (Wildman–Crippen LogP) is 1.93. The second kappa shape index (κ2) is 7.57. The standard InChI is InChI=1S/C16H13FN4O3S/c17-12-2-1-3-14(8-12)20-10-11(9-18)16(22)21-13-4-6-15(7-5-13)25(19,23)24/h1-8,10,20H,(H,21,22)(H2,19,23,24)/b11-10-. The third-order valence-corrected chi connectivity index (χ3v) is 3.94. The van der Waals surface area contributed by atoms with Crippen LogP contribution in [0.25, 0.3) is 0 Å². The van der Waals surface area contributed by atoms with Crippen LogP contribution in [0.15, 0.2) is 65.2 Å². The van der Waals surface area contributed by atoms with Gasteiger partial charge in [0.25, 0.3) is 5.91 Å². The minimum absolute atomic E-state index is 0.102. The third-order valence-electron chi connectivity index (χ3n) is 3.01. The van der Waals surface area contributed by atoms with Gasteiger partial charge in [0.15, 0.2) is 0 Å². The number of amides is 1. The third kappa shape index (κ3) is 5.13. The maximum Gasteiger partial charge on any atom is 0.267 e. The summed E-state index contributed by atoms with van der Waals surface area (Å²) in [6.45, 7) is 0. The molecule has 2 rings (SSSR count). The number of nitrogens with zero attached hydrogens (tertiary/aromatic N) is 1. The van der Waals surface area contributed by atoms with Gasteiger partial charge in [-0.15, -0.1) is 0 Å². The number of nitriles is 1. The van der Waals surface area contributed by atoms with E-state index < -0.39 is 21.7 Å². The molecule has 4 N–H and O–H groups in total. The van der Waals surface area contributed by atoms with E-state index in [1.165, 1.54) is 42.5 Å². The Hall–Kier alpha value is -3.22. The van der Waals surface area contributed by atoms with Gasteiger partial charge in [0, 0.05) is 17.6 Å². The lowest BCUT2D eigenvalue weighted by atomic mass is 10.2. The van der Waals surface area contributed by atoms with Crippen molar-refractivity contribution in [1.82, 2.24) is 0 Å². The average molecular weight is 360 g/mol. The van der Waals surface area contributed by atoms with E-state index in [-0.39, 0.29) is 16.2 Å².